The van der Waals surface area contributed by atoms with Gasteiger partial charge in [-0.05, 0) is 53.1 Å². The molecule has 26 heavy (non-hydrogen) atoms. The summed E-state index contributed by atoms with van der Waals surface area (Å²) in [4.78, 5) is 0. The SMILES string of the molecule is NC(=NO)c1cc(Cl)cc(-c2ccc(O)cc2)c1-c1cc(F)cc(F)c1. The lowest BCUT2D eigenvalue weighted by Gasteiger charge is -2.16. The molecular weight excluding hydrogens is 362 g/mol. The molecule has 0 atom stereocenters. The molecule has 132 valence electrons. The monoisotopic (exact) mass is 374 g/mol. The molecule has 0 aliphatic heterocycles. The Hall–Kier alpha value is -3.12. The summed E-state index contributed by atoms with van der Waals surface area (Å²) in [6.07, 6.45) is 0. The van der Waals surface area contributed by atoms with Gasteiger partial charge < -0.3 is 16.0 Å². The lowest BCUT2D eigenvalue weighted by Crippen LogP contribution is -2.15. The Balaban J connectivity index is 2.39. The smallest absolute Gasteiger partial charge is 0.170 e. The Morgan fingerprint density at radius 2 is 1.54 bits per heavy atom. The molecule has 3 aromatic rings. The number of nitrogens with two attached hydrogens (primary N) is 1. The van der Waals surface area contributed by atoms with Crippen molar-refractivity contribution in [2.45, 2.75) is 0 Å². The second-order valence-electron chi connectivity index (χ2n) is 5.57. The minimum atomic E-state index is -0.767. The quantitative estimate of drug-likeness (QED) is 0.268. The van der Waals surface area contributed by atoms with Crippen molar-refractivity contribution in [3.05, 3.63) is 76.8 Å². The van der Waals surface area contributed by atoms with Gasteiger partial charge in [-0.25, -0.2) is 8.78 Å². The summed E-state index contributed by atoms with van der Waals surface area (Å²) in [6.45, 7) is 0. The van der Waals surface area contributed by atoms with Crippen LogP contribution in [0.5, 0.6) is 5.75 Å². The average Bonchev–Trinajstić information content (AvgIpc) is 2.60. The molecule has 0 aliphatic rings. The van der Waals surface area contributed by atoms with Crippen LogP contribution in [0.15, 0.2) is 59.8 Å². The molecule has 0 bridgehead atoms. The Morgan fingerprint density at radius 3 is 2.12 bits per heavy atom. The second kappa shape index (κ2) is 7.01. The van der Waals surface area contributed by atoms with Crippen molar-refractivity contribution >= 4 is 17.4 Å². The molecule has 0 spiro atoms. The number of amidine groups is 1. The summed E-state index contributed by atoms with van der Waals surface area (Å²) in [7, 11) is 0. The predicted octanol–water partition coefficient (Wildman–Crippen LogP) is 4.75. The molecule has 3 aromatic carbocycles. The Labute approximate surface area is 152 Å². The summed E-state index contributed by atoms with van der Waals surface area (Å²) in [5, 5.41) is 21.9. The molecule has 0 saturated carbocycles. The van der Waals surface area contributed by atoms with Crippen LogP contribution in [-0.2, 0) is 0 Å². The van der Waals surface area contributed by atoms with E-state index in [9.17, 15) is 13.9 Å². The molecule has 0 saturated heterocycles. The van der Waals surface area contributed by atoms with E-state index in [4.69, 9.17) is 22.5 Å². The third-order valence-electron chi connectivity index (χ3n) is 3.82. The van der Waals surface area contributed by atoms with Gasteiger partial charge in [0.15, 0.2) is 5.84 Å². The summed E-state index contributed by atoms with van der Waals surface area (Å²) >= 11 is 6.16. The fraction of sp³-hybridized carbons (Fsp3) is 0. The number of phenolic OH excluding ortho intramolecular Hbond substituents is 1. The number of nitrogens with zero attached hydrogens (tertiary/aromatic N) is 1. The van der Waals surface area contributed by atoms with E-state index in [1.54, 1.807) is 18.2 Å². The second-order valence-corrected chi connectivity index (χ2v) is 6.00. The number of aromatic hydroxyl groups is 1. The van der Waals surface area contributed by atoms with Crippen LogP contribution in [0.4, 0.5) is 8.78 Å². The van der Waals surface area contributed by atoms with E-state index in [-0.39, 0.29) is 27.7 Å². The highest BCUT2D eigenvalue weighted by Crippen LogP contribution is 2.38. The molecule has 0 radical (unpaired) electrons. The molecule has 0 fully saturated rings. The Bertz CT molecular complexity index is 985. The molecule has 3 rings (SSSR count). The molecule has 0 aromatic heterocycles. The summed E-state index contributed by atoms with van der Waals surface area (Å²) < 4.78 is 27.6. The first-order valence-corrected chi connectivity index (χ1v) is 7.84. The third-order valence-corrected chi connectivity index (χ3v) is 4.03. The van der Waals surface area contributed by atoms with Crippen LogP contribution in [0, 0.1) is 11.6 Å². The van der Waals surface area contributed by atoms with Crippen LogP contribution in [0.3, 0.4) is 0 Å². The molecular formula is C19H13ClF2N2O2. The fourth-order valence-electron chi connectivity index (χ4n) is 2.74. The number of oxime groups is 1. The Morgan fingerprint density at radius 1 is 0.923 bits per heavy atom. The first-order chi connectivity index (χ1) is 12.4. The minimum absolute atomic E-state index is 0.0609. The minimum Gasteiger partial charge on any atom is -0.508 e. The van der Waals surface area contributed by atoms with Crippen LogP contribution >= 0.6 is 11.6 Å². The zero-order valence-corrected chi connectivity index (χ0v) is 14.0. The van der Waals surface area contributed by atoms with Gasteiger partial charge in [0.1, 0.15) is 17.4 Å². The van der Waals surface area contributed by atoms with Crippen LogP contribution in [0.2, 0.25) is 5.02 Å². The summed E-state index contributed by atoms with van der Waals surface area (Å²) in [6, 6.07) is 12.3. The van der Waals surface area contributed by atoms with Gasteiger partial charge in [-0.15, -0.1) is 0 Å². The van der Waals surface area contributed by atoms with E-state index in [1.165, 1.54) is 18.2 Å². The van der Waals surface area contributed by atoms with Gasteiger partial charge in [0.25, 0.3) is 0 Å². The van der Waals surface area contributed by atoms with Crippen molar-refractivity contribution in [3.8, 4) is 28.0 Å². The number of benzene rings is 3. The lowest BCUT2D eigenvalue weighted by atomic mass is 9.90. The summed E-state index contributed by atoms with van der Waals surface area (Å²) in [5.41, 5.74) is 7.64. The third kappa shape index (κ3) is 3.45. The molecule has 4 nitrogen and oxygen atoms in total. The number of halogens is 3. The van der Waals surface area contributed by atoms with Crippen molar-refractivity contribution < 1.29 is 19.1 Å². The van der Waals surface area contributed by atoms with Gasteiger partial charge in [0.2, 0.25) is 0 Å². The molecule has 0 aliphatic carbocycles. The highest BCUT2D eigenvalue weighted by Gasteiger charge is 2.18. The van der Waals surface area contributed by atoms with Crippen LogP contribution in [0.25, 0.3) is 22.3 Å². The van der Waals surface area contributed by atoms with E-state index in [0.717, 1.165) is 18.2 Å². The highest BCUT2D eigenvalue weighted by molar-refractivity contribution is 6.31. The van der Waals surface area contributed by atoms with Gasteiger partial charge in [0, 0.05) is 22.2 Å². The number of phenols is 1. The van der Waals surface area contributed by atoms with E-state index in [0.29, 0.717) is 16.7 Å². The zero-order valence-electron chi connectivity index (χ0n) is 13.2. The first kappa shape index (κ1) is 17.7. The van der Waals surface area contributed by atoms with E-state index in [2.05, 4.69) is 5.16 Å². The largest absolute Gasteiger partial charge is 0.508 e. The van der Waals surface area contributed by atoms with E-state index >= 15 is 0 Å². The van der Waals surface area contributed by atoms with Crippen molar-refractivity contribution in [1.29, 1.82) is 0 Å². The number of hydrogen-bond acceptors (Lipinski definition) is 3. The average molecular weight is 375 g/mol. The maximum absolute atomic E-state index is 13.8. The van der Waals surface area contributed by atoms with E-state index < -0.39 is 11.6 Å². The highest BCUT2D eigenvalue weighted by atomic mass is 35.5. The summed E-state index contributed by atoms with van der Waals surface area (Å²) in [5.74, 6) is -1.73. The number of hydrogen-bond donors (Lipinski definition) is 3. The van der Waals surface area contributed by atoms with Gasteiger partial charge in [0.05, 0.1) is 0 Å². The van der Waals surface area contributed by atoms with Crippen molar-refractivity contribution in [1.82, 2.24) is 0 Å². The van der Waals surface area contributed by atoms with Crippen LogP contribution in [-0.4, -0.2) is 16.1 Å². The van der Waals surface area contributed by atoms with Crippen molar-refractivity contribution in [2.24, 2.45) is 10.9 Å². The molecule has 0 unspecified atom stereocenters. The van der Waals surface area contributed by atoms with Gasteiger partial charge >= 0.3 is 0 Å². The molecule has 0 amide bonds. The van der Waals surface area contributed by atoms with Gasteiger partial charge in [-0.1, -0.05) is 28.9 Å². The van der Waals surface area contributed by atoms with Gasteiger partial charge in [-0.3, -0.25) is 0 Å². The molecule has 4 N–H and O–H groups in total. The van der Waals surface area contributed by atoms with Crippen molar-refractivity contribution in [2.75, 3.05) is 0 Å². The predicted molar refractivity (Wildman–Crippen MR) is 96.4 cm³/mol. The van der Waals surface area contributed by atoms with Gasteiger partial charge in [-0.2, -0.15) is 0 Å². The van der Waals surface area contributed by atoms with Crippen LogP contribution in [0.1, 0.15) is 5.56 Å². The maximum Gasteiger partial charge on any atom is 0.170 e. The van der Waals surface area contributed by atoms with E-state index in [1.807, 2.05) is 0 Å². The topological polar surface area (TPSA) is 78.8 Å². The standard InChI is InChI=1S/C19H13ClF2N2O2/c20-12-7-16(10-1-3-15(25)4-2-10)18(17(8-12)19(23)24-26)11-5-13(21)9-14(22)6-11/h1-9,25-26H,(H2,23,24). The molecule has 0 heterocycles. The maximum atomic E-state index is 13.8. The Kier molecular flexibility index (Phi) is 4.77. The van der Waals surface area contributed by atoms with Crippen LogP contribution < -0.4 is 5.73 Å². The molecule has 7 heteroatoms. The normalized spacial score (nSPS) is 11.6. The first-order valence-electron chi connectivity index (χ1n) is 7.46. The number of rotatable bonds is 3. The van der Waals surface area contributed by atoms with Crippen molar-refractivity contribution in [3.63, 3.8) is 0 Å². The lowest BCUT2D eigenvalue weighted by molar-refractivity contribution is 0.318. The zero-order chi connectivity index (χ0) is 18.8. The fourth-order valence-corrected chi connectivity index (χ4v) is 2.96.